The SMILES string of the molecule is OCC(Nc1ccccc1F)c1cccc(F)c1. The van der Waals surface area contributed by atoms with Crippen LogP contribution in [0.25, 0.3) is 0 Å². The molecular weight excluding hydrogens is 236 g/mol. The van der Waals surface area contributed by atoms with Gasteiger partial charge in [0.2, 0.25) is 0 Å². The van der Waals surface area contributed by atoms with E-state index in [1.807, 2.05) is 0 Å². The third kappa shape index (κ3) is 2.84. The Kier molecular flexibility index (Phi) is 3.89. The highest BCUT2D eigenvalue weighted by molar-refractivity contribution is 5.46. The molecule has 0 spiro atoms. The van der Waals surface area contributed by atoms with E-state index in [0.29, 0.717) is 5.56 Å². The molecule has 0 fully saturated rings. The van der Waals surface area contributed by atoms with Crippen LogP contribution in [0.4, 0.5) is 14.5 Å². The Hall–Kier alpha value is -1.94. The molecule has 0 aliphatic heterocycles. The zero-order valence-electron chi connectivity index (χ0n) is 9.61. The molecule has 0 saturated carbocycles. The summed E-state index contributed by atoms with van der Waals surface area (Å²) in [6, 6.07) is 11.5. The molecule has 0 radical (unpaired) electrons. The zero-order valence-corrected chi connectivity index (χ0v) is 9.61. The smallest absolute Gasteiger partial charge is 0.146 e. The fourth-order valence-electron chi connectivity index (χ4n) is 1.72. The molecule has 4 heteroatoms. The van der Waals surface area contributed by atoms with Gasteiger partial charge in [0, 0.05) is 0 Å². The highest BCUT2D eigenvalue weighted by atomic mass is 19.1. The first-order valence-electron chi connectivity index (χ1n) is 5.58. The Morgan fingerprint density at radius 2 is 1.83 bits per heavy atom. The van der Waals surface area contributed by atoms with E-state index >= 15 is 0 Å². The topological polar surface area (TPSA) is 32.3 Å². The predicted molar refractivity (Wildman–Crippen MR) is 66.2 cm³/mol. The molecule has 0 saturated heterocycles. The monoisotopic (exact) mass is 249 g/mol. The first-order valence-corrected chi connectivity index (χ1v) is 5.58. The van der Waals surface area contributed by atoms with Crippen molar-refractivity contribution in [3.05, 3.63) is 65.7 Å². The van der Waals surface area contributed by atoms with Crippen molar-refractivity contribution in [1.29, 1.82) is 0 Å². The molecule has 1 atom stereocenters. The number of benzene rings is 2. The van der Waals surface area contributed by atoms with Crippen LogP contribution in [-0.4, -0.2) is 11.7 Å². The van der Waals surface area contributed by atoms with E-state index in [0.717, 1.165) is 0 Å². The molecule has 2 aromatic carbocycles. The van der Waals surface area contributed by atoms with E-state index in [-0.39, 0.29) is 18.1 Å². The van der Waals surface area contributed by atoms with E-state index in [2.05, 4.69) is 5.32 Å². The Balaban J connectivity index is 2.23. The summed E-state index contributed by atoms with van der Waals surface area (Å²) >= 11 is 0. The lowest BCUT2D eigenvalue weighted by Crippen LogP contribution is -2.15. The molecule has 1 unspecified atom stereocenters. The normalized spacial score (nSPS) is 12.2. The summed E-state index contributed by atoms with van der Waals surface area (Å²) in [7, 11) is 0. The quantitative estimate of drug-likeness (QED) is 0.872. The summed E-state index contributed by atoms with van der Waals surface area (Å²) in [4.78, 5) is 0. The summed E-state index contributed by atoms with van der Waals surface area (Å²) in [5.41, 5.74) is 0.849. The molecule has 18 heavy (non-hydrogen) atoms. The van der Waals surface area contributed by atoms with Gasteiger partial charge in [0.05, 0.1) is 18.3 Å². The number of aliphatic hydroxyl groups excluding tert-OH is 1. The Morgan fingerprint density at radius 1 is 1.06 bits per heavy atom. The molecule has 2 aromatic rings. The number of hydrogen-bond donors (Lipinski definition) is 2. The number of halogens is 2. The van der Waals surface area contributed by atoms with E-state index in [1.54, 1.807) is 30.3 Å². The van der Waals surface area contributed by atoms with Crippen molar-refractivity contribution < 1.29 is 13.9 Å². The van der Waals surface area contributed by atoms with E-state index in [9.17, 15) is 13.9 Å². The van der Waals surface area contributed by atoms with Crippen LogP contribution in [0.2, 0.25) is 0 Å². The largest absolute Gasteiger partial charge is 0.394 e. The van der Waals surface area contributed by atoms with Crippen molar-refractivity contribution in [3.63, 3.8) is 0 Å². The third-order valence-corrected chi connectivity index (χ3v) is 2.64. The summed E-state index contributed by atoms with van der Waals surface area (Å²) in [5.74, 6) is -0.798. The Bertz CT molecular complexity index is 531. The molecule has 0 aromatic heterocycles. The predicted octanol–water partition coefficient (Wildman–Crippen LogP) is 3.11. The number of rotatable bonds is 4. The molecular formula is C14H13F2NO. The summed E-state index contributed by atoms with van der Waals surface area (Å²) in [6.07, 6.45) is 0. The van der Waals surface area contributed by atoms with Gasteiger partial charge in [0.15, 0.2) is 0 Å². The fraction of sp³-hybridized carbons (Fsp3) is 0.143. The molecule has 2 nitrogen and oxygen atoms in total. The molecule has 0 aliphatic rings. The van der Waals surface area contributed by atoms with Crippen LogP contribution in [0.5, 0.6) is 0 Å². The standard InChI is InChI=1S/C14H13F2NO/c15-11-5-3-4-10(8-11)14(9-18)17-13-7-2-1-6-12(13)16/h1-8,14,17-18H,9H2. The molecule has 0 aliphatic carbocycles. The van der Waals surface area contributed by atoms with Gasteiger partial charge in [-0.3, -0.25) is 0 Å². The van der Waals surface area contributed by atoms with Gasteiger partial charge in [-0.2, -0.15) is 0 Å². The number of para-hydroxylation sites is 1. The number of nitrogens with one attached hydrogen (secondary N) is 1. The maximum Gasteiger partial charge on any atom is 0.146 e. The minimum Gasteiger partial charge on any atom is -0.394 e. The van der Waals surface area contributed by atoms with Crippen LogP contribution < -0.4 is 5.32 Å². The van der Waals surface area contributed by atoms with Crippen molar-refractivity contribution in [1.82, 2.24) is 0 Å². The van der Waals surface area contributed by atoms with Gasteiger partial charge in [0.25, 0.3) is 0 Å². The van der Waals surface area contributed by atoms with Gasteiger partial charge >= 0.3 is 0 Å². The van der Waals surface area contributed by atoms with Crippen LogP contribution in [0.15, 0.2) is 48.5 Å². The van der Waals surface area contributed by atoms with E-state index in [4.69, 9.17) is 0 Å². The van der Waals surface area contributed by atoms with Gasteiger partial charge in [-0.15, -0.1) is 0 Å². The van der Waals surface area contributed by atoms with E-state index in [1.165, 1.54) is 18.2 Å². The molecule has 94 valence electrons. The zero-order chi connectivity index (χ0) is 13.0. The highest BCUT2D eigenvalue weighted by Gasteiger charge is 2.12. The molecule has 0 heterocycles. The van der Waals surface area contributed by atoms with Gasteiger partial charge in [-0.1, -0.05) is 24.3 Å². The summed E-state index contributed by atoms with van der Waals surface area (Å²) in [6.45, 7) is -0.252. The second-order valence-electron chi connectivity index (χ2n) is 3.91. The molecule has 2 rings (SSSR count). The van der Waals surface area contributed by atoms with Crippen LogP contribution >= 0.6 is 0 Å². The van der Waals surface area contributed by atoms with Gasteiger partial charge in [-0.25, -0.2) is 8.78 Å². The lowest BCUT2D eigenvalue weighted by Gasteiger charge is -2.18. The summed E-state index contributed by atoms with van der Waals surface area (Å²) < 4.78 is 26.6. The third-order valence-electron chi connectivity index (χ3n) is 2.64. The first kappa shape index (κ1) is 12.5. The van der Waals surface area contributed by atoms with Crippen molar-refractivity contribution >= 4 is 5.69 Å². The molecule has 0 bridgehead atoms. The fourth-order valence-corrected chi connectivity index (χ4v) is 1.72. The van der Waals surface area contributed by atoms with Crippen molar-refractivity contribution in [2.24, 2.45) is 0 Å². The van der Waals surface area contributed by atoms with Crippen LogP contribution in [0.1, 0.15) is 11.6 Å². The average molecular weight is 249 g/mol. The Morgan fingerprint density at radius 3 is 2.50 bits per heavy atom. The second kappa shape index (κ2) is 5.60. The van der Waals surface area contributed by atoms with Crippen molar-refractivity contribution in [3.8, 4) is 0 Å². The molecule has 0 amide bonds. The minimum absolute atomic E-state index is 0.252. The maximum atomic E-state index is 13.5. The van der Waals surface area contributed by atoms with Crippen molar-refractivity contribution in [2.75, 3.05) is 11.9 Å². The minimum atomic E-state index is -0.544. The van der Waals surface area contributed by atoms with Crippen LogP contribution in [0, 0.1) is 11.6 Å². The van der Waals surface area contributed by atoms with Gasteiger partial charge in [-0.05, 0) is 29.8 Å². The number of aliphatic hydroxyl groups is 1. The first-order chi connectivity index (χ1) is 8.70. The van der Waals surface area contributed by atoms with Crippen LogP contribution in [0.3, 0.4) is 0 Å². The van der Waals surface area contributed by atoms with Crippen LogP contribution in [-0.2, 0) is 0 Å². The van der Waals surface area contributed by atoms with Gasteiger partial charge < -0.3 is 10.4 Å². The lowest BCUT2D eigenvalue weighted by atomic mass is 10.1. The lowest BCUT2D eigenvalue weighted by molar-refractivity contribution is 0.276. The average Bonchev–Trinajstić information content (AvgIpc) is 2.38. The second-order valence-corrected chi connectivity index (χ2v) is 3.91. The Labute approximate surface area is 104 Å². The summed E-state index contributed by atoms with van der Waals surface area (Å²) in [5, 5.41) is 12.2. The van der Waals surface area contributed by atoms with Crippen molar-refractivity contribution in [2.45, 2.75) is 6.04 Å². The highest BCUT2D eigenvalue weighted by Crippen LogP contribution is 2.21. The number of anilines is 1. The van der Waals surface area contributed by atoms with Gasteiger partial charge in [0.1, 0.15) is 11.6 Å². The maximum absolute atomic E-state index is 13.5. The van der Waals surface area contributed by atoms with E-state index < -0.39 is 11.9 Å². The number of hydrogen-bond acceptors (Lipinski definition) is 2. The molecule has 2 N–H and O–H groups in total.